The van der Waals surface area contributed by atoms with Gasteiger partial charge in [-0.15, -0.1) is 18.2 Å². The molecule has 0 bridgehead atoms. The first-order valence-electron chi connectivity index (χ1n) is 13.3. The number of carbonyl (C=O) groups is 2. The molecule has 0 radical (unpaired) electrons. The maximum Gasteiger partial charge on any atom is 0.318 e. The third kappa shape index (κ3) is 18.8. The van der Waals surface area contributed by atoms with Crippen LogP contribution in [0.1, 0.15) is 66.4 Å². The Labute approximate surface area is 260 Å². The monoisotopic (exact) mass is 618 g/mol. The minimum absolute atomic E-state index is 0.218. The van der Waals surface area contributed by atoms with E-state index in [2.05, 4.69) is 30.8 Å². The zero-order chi connectivity index (χ0) is 33.1. The van der Waals surface area contributed by atoms with Crippen molar-refractivity contribution in [1.82, 2.24) is 4.31 Å². The summed E-state index contributed by atoms with van der Waals surface area (Å²) in [7, 11) is -1.48. The van der Waals surface area contributed by atoms with Crippen LogP contribution < -0.4 is 0 Å². The van der Waals surface area contributed by atoms with Crippen molar-refractivity contribution in [3.63, 3.8) is 0 Å². The molecule has 1 saturated carbocycles. The third-order valence-corrected chi connectivity index (χ3v) is 6.90. The van der Waals surface area contributed by atoms with Gasteiger partial charge in [0.05, 0.1) is 11.0 Å². The lowest BCUT2D eigenvalue weighted by atomic mass is 10.1. The van der Waals surface area contributed by atoms with Gasteiger partial charge >= 0.3 is 5.97 Å². The summed E-state index contributed by atoms with van der Waals surface area (Å²) in [6.45, 7) is 18.8. The van der Waals surface area contributed by atoms with E-state index < -0.39 is 17.0 Å². The average molecular weight is 619 g/mol. The molecule has 1 aromatic rings. The molecule has 0 heterocycles. The number of aliphatic carboxylic acids is 1. The molecule has 0 saturated heterocycles. The number of benzene rings is 1. The Morgan fingerprint density at radius 1 is 1.14 bits per heavy atom. The molecule has 1 atom stereocenters. The van der Waals surface area contributed by atoms with Gasteiger partial charge < -0.3 is 10.2 Å². The number of carboxylic acid groups (broad SMARTS) is 2. The molecule has 42 heavy (non-hydrogen) atoms. The van der Waals surface area contributed by atoms with Gasteiger partial charge in [0, 0.05) is 23.9 Å². The van der Waals surface area contributed by atoms with Crippen molar-refractivity contribution in [3.05, 3.63) is 96.7 Å². The minimum Gasteiger partial charge on any atom is -0.483 e. The van der Waals surface area contributed by atoms with E-state index in [1.807, 2.05) is 84.1 Å². The lowest BCUT2D eigenvalue weighted by Gasteiger charge is -2.25. The number of allylic oxidation sites excluding steroid dienone is 10. The molecule has 7 nitrogen and oxygen atoms in total. The zero-order valence-corrected chi connectivity index (χ0v) is 27.5. The Morgan fingerprint density at radius 3 is 2.02 bits per heavy atom. The summed E-state index contributed by atoms with van der Waals surface area (Å²) in [5.74, 6) is -0.962. The summed E-state index contributed by atoms with van der Waals surface area (Å²) >= 11 is 4.64. The van der Waals surface area contributed by atoms with Gasteiger partial charge in [0.15, 0.2) is 0 Å². The molecular weight excluding hydrogens is 572 g/mol. The van der Waals surface area contributed by atoms with E-state index in [-0.39, 0.29) is 18.6 Å². The number of halogens is 1. The van der Waals surface area contributed by atoms with Gasteiger partial charge in [0.1, 0.15) is 17.5 Å². The Bertz CT molecular complexity index is 1140. The van der Waals surface area contributed by atoms with Crippen LogP contribution in [0.15, 0.2) is 96.0 Å². The molecule has 1 aromatic carbocycles. The van der Waals surface area contributed by atoms with E-state index >= 15 is 0 Å². The molecule has 1 fully saturated rings. The normalized spacial score (nSPS) is 13.4. The summed E-state index contributed by atoms with van der Waals surface area (Å²) in [6, 6.07) is 9.46. The SMILES string of the molecule is C=C/C(=C\C=C/C)c1ccc(S(=O)N(CC(=O)O)C2(C)CC2)cc1.C=CC/C(C#N)=C\C=C(C)C.CC.CCl.O=CO. The number of alkyl halides is 1. The fraction of sp³-hybridized carbons (Fsp3) is 0.364. The number of carboxylic acids is 1. The topological polar surface area (TPSA) is 119 Å². The zero-order valence-electron chi connectivity index (χ0n) is 26.0. The molecule has 0 aliphatic heterocycles. The summed E-state index contributed by atoms with van der Waals surface area (Å²) in [5, 5.41) is 24.6. The first-order valence-corrected chi connectivity index (χ1v) is 15.2. The van der Waals surface area contributed by atoms with Crippen molar-refractivity contribution in [3.8, 4) is 6.07 Å². The van der Waals surface area contributed by atoms with Gasteiger partial charge in [-0.25, -0.2) is 8.51 Å². The number of hydrogen-bond donors (Lipinski definition) is 2. The largest absolute Gasteiger partial charge is 0.483 e. The number of rotatable bonds is 11. The van der Waals surface area contributed by atoms with Gasteiger partial charge in [-0.05, 0) is 69.9 Å². The van der Waals surface area contributed by atoms with Gasteiger partial charge in [0.25, 0.3) is 6.47 Å². The Morgan fingerprint density at radius 2 is 1.67 bits per heavy atom. The predicted octanol–water partition coefficient (Wildman–Crippen LogP) is 8.35. The molecule has 9 heteroatoms. The quantitative estimate of drug-likeness (QED) is 0.0845. The second-order valence-electron chi connectivity index (χ2n) is 8.70. The number of hydrogen-bond acceptors (Lipinski definition) is 4. The van der Waals surface area contributed by atoms with Crippen LogP contribution in [0.2, 0.25) is 0 Å². The molecule has 0 spiro atoms. The van der Waals surface area contributed by atoms with E-state index in [0.717, 1.165) is 29.6 Å². The molecule has 2 rings (SSSR count). The maximum absolute atomic E-state index is 12.8. The first kappa shape index (κ1) is 43.0. The van der Waals surface area contributed by atoms with E-state index in [4.69, 9.17) is 20.3 Å². The van der Waals surface area contributed by atoms with Crippen LogP contribution in [-0.4, -0.2) is 49.6 Å². The smallest absolute Gasteiger partial charge is 0.318 e. The summed E-state index contributed by atoms with van der Waals surface area (Å²) in [5.41, 5.74) is 3.62. The molecule has 1 aliphatic carbocycles. The highest BCUT2D eigenvalue weighted by Crippen LogP contribution is 2.42. The Kier molecular flexibility index (Phi) is 27.0. The number of nitriles is 1. The molecule has 232 valence electrons. The van der Waals surface area contributed by atoms with Gasteiger partial charge in [0.2, 0.25) is 0 Å². The van der Waals surface area contributed by atoms with Crippen LogP contribution in [0.25, 0.3) is 5.57 Å². The second-order valence-corrected chi connectivity index (χ2v) is 10.1. The molecule has 1 unspecified atom stereocenters. The summed E-state index contributed by atoms with van der Waals surface area (Å²) in [4.78, 5) is 20.1. The fourth-order valence-electron chi connectivity index (χ4n) is 2.95. The fourth-order valence-corrected chi connectivity index (χ4v) is 4.38. The summed E-state index contributed by atoms with van der Waals surface area (Å²) < 4.78 is 14.4. The molecule has 0 aromatic heterocycles. The summed E-state index contributed by atoms with van der Waals surface area (Å²) in [6.07, 6.45) is 17.0. The van der Waals surface area contributed by atoms with Crippen LogP contribution in [-0.2, 0) is 20.6 Å². The minimum atomic E-state index is -1.48. The maximum atomic E-state index is 12.8. The lowest BCUT2D eigenvalue weighted by Crippen LogP contribution is -2.40. The van der Waals surface area contributed by atoms with Gasteiger partial charge in [-0.3, -0.25) is 9.59 Å². The Hall–Kier alpha value is -3.51. The van der Waals surface area contributed by atoms with E-state index in [1.54, 1.807) is 28.6 Å². The highest BCUT2D eigenvalue weighted by Gasteiger charge is 2.47. The van der Waals surface area contributed by atoms with E-state index in [0.29, 0.717) is 11.3 Å². The average Bonchev–Trinajstić information content (AvgIpc) is 3.75. The standard InChI is InChI=1S/C19H23NO3S.C10H13N.C2H6.CH3Cl.CH2O2/c1-4-6-7-15(5-2)16-8-10-17(11-9-16)24(23)20(14-18(21)22)19(3)12-13-19;1-4-5-10(8-11)7-6-9(2)3;2*1-2;2-1-3/h4-11H,2,12-14H2,1,3H3,(H,21,22);4,6-7H,1,5H2,2-3H3;1-2H3;1H3;1H,(H,2,3)/b6-4-,15-7+;10-7+;;;. The van der Waals surface area contributed by atoms with Crippen molar-refractivity contribution >= 4 is 40.6 Å². The highest BCUT2D eigenvalue weighted by molar-refractivity contribution is 7.82. The van der Waals surface area contributed by atoms with Crippen LogP contribution >= 0.6 is 11.6 Å². The van der Waals surface area contributed by atoms with E-state index in [9.17, 15) is 9.00 Å². The van der Waals surface area contributed by atoms with E-state index in [1.165, 1.54) is 12.0 Å². The van der Waals surface area contributed by atoms with Crippen LogP contribution in [0.4, 0.5) is 0 Å². The second kappa shape index (κ2) is 26.4. The van der Waals surface area contributed by atoms with Crippen LogP contribution in [0, 0.1) is 11.3 Å². The molecule has 1 aliphatic rings. The van der Waals surface area contributed by atoms with Gasteiger partial charge in [-0.1, -0.05) is 74.6 Å². The predicted molar refractivity (Wildman–Crippen MR) is 178 cm³/mol. The van der Waals surface area contributed by atoms with Crippen molar-refractivity contribution in [2.75, 3.05) is 12.9 Å². The van der Waals surface area contributed by atoms with Crippen molar-refractivity contribution in [2.45, 2.75) is 71.2 Å². The van der Waals surface area contributed by atoms with Crippen LogP contribution in [0.5, 0.6) is 0 Å². The molecular formula is C33H47ClN2O5S. The van der Waals surface area contributed by atoms with Crippen LogP contribution in [0.3, 0.4) is 0 Å². The number of nitrogens with zero attached hydrogens (tertiary/aromatic N) is 2. The Balaban J connectivity index is -0.000000707. The molecule has 2 N–H and O–H groups in total. The highest BCUT2D eigenvalue weighted by atomic mass is 35.5. The lowest BCUT2D eigenvalue weighted by molar-refractivity contribution is -0.137. The van der Waals surface area contributed by atoms with Gasteiger partial charge in [-0.2, -0.15) is 5.26 Å². The van der Waals surface area contributed by atoms with Crippen molar-refractivity contribution < 1.29 is 24.0 Å². The third-order valence-electron chi connectivity index (χ3n) is 5.26. The molecule has 0 amide bonds. The van der Waals surface area contributed by atoms with Crippen molar-refractivity contribution in [2.24, 2.45) is 0 Å². The van der Waals surface area contributed by atoms with Crippen molar-refractivity contribution in [1.29, 1.82) is 5.26 Å². The first-order chi connectivity index (χ1) is 20.0.